The maximum absolute atomic E-state index is 5.68. The van der Waals surface area contributed by atoms with Crippen molar-refractivity contribution in [3.8, 4) is 45.6 Å². The van der Waals surface area contributed by atoms with Crippen LogP contribution in [0, 0.1) is 0 Å². The molecule has 17 rings (SSSR count). The van der Waals surface area contributed by atoms with E-state index in [4.69, 9.17) is 29.9 Å². The van der Waals surface area contributed by atoms with Crippen molar-refractivity contribution >= 4 is 66.9 Å². The lowest BCUT2D eigenvalue weighted by atomic mass is 9.97. The molecule has 0 radical (unpaired) electrons. The quantitative estimate of drug-likeness (QED) is 0.176. The minimum Gasteiger partial charge on any atom is -0.366 e. The molecule has 3 aromatic heterocycles. The van der Waals surface area contributed by atoms with Gasteiger partial charge in [-0.15, -0.1) is 0 Å². The predicted molar refractivity (Wildman–Crippen MR) is 321 cm³/mol. The second-order valence-electron chi connectivity index (χ2n) is 22.2. The zero-order valence-electron chi connectivity index (χ0n) is 44.1. The Morgan fingerprint density at radius 2 is 0.588 bits per heavy atom. The molecule has 0 aliphatic carbocycles. The highest BCUT2D eigenvalue weighted by Gasteiger charge is 2.31. The van der Waals surface area contributed by atoms with Gasteiger partial charge in [0.25, 0.3) is 0 Å². The summed E-state index contributed by atoms with van der Waals surface area (Å²) in [5, 5.41) is 3.91. The van der Waals surface area contributed by atoms with Crippen LogP contribution < -0.4 is 19.6 Å². The molecule has 6 aliphatic rings. The number of anilines is 4. The third kappa shape index (κ3) is 7.27. The van der Waals surface area contributed by atoms with Gasteiger partial charge in [0.05, 0.1) is 21.9 Å². The van der Waals surface area contributed by atoms with E-state index in [1.807, 2.05) is 0 Å². The molecule has 0 spiro atoms. The summed E-state index contributed by atoms with van der Waals surface area (Å²) in [6, 6.07) is 61.6. The summed E-state index contributed by atoms with van der Waals surface area (Å²) in [6.45, 7) is 6.63. The number of hydrogen-bond acceptors (Lipinski definition) is 10. The van der Waals surface area contributed by atoms with Gasteiger partial charge >= 0.3 is 0 Å². The van der Waals surface area contributed by atoms with Crippen LogP contribution >= 0.6 is 0 Å². The van der Waals surface area contributed by atoms with Crippen LogP contribution in [0.15, 0.2) is 170 Å². The number of benzene rings is 8. The molecule has 0 atom stereocenters. The molecule has 386 valence electrons. The third-order valence-electron chi connectivity index (χ3n) is 17.7. The first kappa shape index (κ1) is 45.3. The molecular formula is C68H54N12. The normalized spacial score (nSPS) is 15.3. The number of H-pyrrole nitrogens is 2. The fraction of sp³-hybridized carbons (Fsp3) is 0.176. The lowest BCUT2D eigenvalue weighted by Crippen LogP contribution is -2.30. The van der Waals surface area contributed by atoms with Crippen LogP contribution in [0.4, 0.5) is 22.7 Å². The zero-order chi connectivity index (χ0) is 52.4. The summed E-state index contributed by atoms with van der Waals surface area (Å²) in [4.78, 5) is 51.5. The SMILES string of the molecule is c1ccc2c(c1)CCN(c1cccc3c1-c1nc-3nc3[nH]c(nc4nc(nc5[nH]c(n1)c1cccc(N6CCc7ccccc7C6)c51)-c1cccc(N5CCc6ccccc6C5)c1-4)c1cccc(N4CCc5ccccc5C4)c31)C2. The van der Waals surface area contributed by atoms with E-state index in [9.17, 15) is 0 Å². The molecule has 12 nitrogen and oxygen atoms in total. The van der Waals surface area contributed by atoms with Crippen LogP contribution in [-0.4, -0.2) is 66.1 Å². The average Bonchev–Trinajstić information content (AvgIpc) is 4.39. The van der Waals surface area contributed by atoms with Crippen LogP contribution in [0.25, 0.3) is 89.7 Å². The van der Waals surface area contributed by atoms with Crippen LogP contribution in [0.3, 0.4) is 0 Å². The zero-order valence-corrected chi connectivity index (χ0v) is 44.1. The van der Waals surface area contributed by atoms with Gasteiger partial charge in [-0.25, -0.2) is 29.9 Å². The van der Waals surface area contributed by atoms with E-state index >= 15 is 0 Å². The van der Waals surface area contributed by atoms with Crippen LogP contribution in [0.2, 0.25) is 0 Å². The first-order chi connectivity index (χ1) is 39.6. The molecule has 9 heterocycles. The van der Waals surface area contributed by atoms with E-state index < -0.39 is 0 Å². The van der Waals surface area contributed by atoms with Gasteiger partial charge in [0, 0.05) is 97.0 Å². The third-order valence-corrected chi connectivity index (χ3v) is 17.7. The highest BCUT2D eigenvalue weighted by Crippen LogP contribution is 2.46. The van der Waals surface area contributed by atoms with Crippen LogP contribution in [0.5, 0.6) is 0 Å². The molecule has 0 saturated carbocycles. The molecule has 0 saturated heterocycles. The molecule has 11 aromatic rings. The Hall–Kier alpha value is -9.68. The molecule has 0 amide bonds. The van der Waals surface area contributed by atoms with Gasteiger partial charge in [0.2, 0.25) is 0 Å². The number of fused-ring (bicyclic) bond motifs is 24. The van der Waals surface area contributed by atoms with Crippen molar-refractivity contribution < 1.29 is 0 Å². The van der Waals surface area contributed by atoms with E-state index in [0.717, 1.165) is 145 Å². The molecule has 8 bridgehead atoms. The second kappa shape index (κ2) is 17.9. The van der Waals surface area contributed by atoms with Gasteiger partial charge in [-0.05, 0) is 94.5 Å². The topological polar surface area (TPSA) is 122 Å². The number of nitrogens with one attached hydrogen (secondary N) is 2. The lowest BCUT2D eigenvalue weighted by Gasteiger charge is -2.32. The monoisotopic (exact) mass is 1040 g/mol. The molecule has 6 aliphatic heterocycles. The summed E-state index contributed by atoms with van der Waals surface area (Å²) in [7, 11) is 0. The summed E-state index contributed by atoms with van der Waals surface area (Å²) in [5.41, 5.74) is 21.9. The second-order valence-corrected chi connectivity index (χ2v) is 22.2. The molecule has 0 unspecified atom stereocenters. The fourth-order valence-electron chi connectivity index (χ4n) is 13.8. The standard InChI is InChI=1S/C68H54N12/c1-5-17-45-37-77(33-29-41(45)13-1)53-25-9-21-49-57(53)65-69-61(49)74-66-59-51(23-11-27-55(59)79-35-31-43-15-3-7-19-47(43)39-79)63(71-66)76-68-60-52(24-12-28-56(60)80-36-32-44-16-4-8-20-48(44)40-80)64(72-68)75-67-58-50(62(70-67)73-65)22-10-26-54(58)78-34-30-42-14-2-6-18-46(42)38-78/h1-28H,29-40H2,(H2,69,70,71,72,73,74,75,76). The van der Waals surface area contributed by atoms with E-state index in [2.05, 4.69) is 199 Å². The van der Waals surface area contributed by atoms with E-state index in [0.29, 0.717) is 45.9 Å². The Morgan fingerprint density at radius 1 is 0.275 bits per heavy atom. The van der Waals surface area contributed by atoms with Gasteiger partial charge in [-0.1, -0.05) is 146 Å². The number of nitrogens with zero attached hydrogens (tertiary/aromatic N) is 10. The summed E-state index contributed by atoms with van der Waals surface area (Å²) in [5.74, 6) is 2.40. The number of aromatic amines is 2. The molecule has 8 aromatic carbocycles. The number of aromatic nitrogens is 8. The summed E-state index contributed by atoms with van der Waals surface area (Å²) in [6.07, 6.45) is 3.80. The molecule has 2 N–H and O–H groups in total. The smallest absolute Gasteiger partial charge is 0.166 e. The van der Waals surface area contributed by atoms with Gasteiger partial charge in [-0.2, -0.15) is 0 Å². The number of rotatable bonds is 4. The predicted octanol–water partition coefficient (Wildman–Crippen LogP) is 13.1. The molecule has 0 fully saturated rings. The Morgan fingerprint density at radius 3 is 0.963 bits per heavy atom. The van der Waals surface area contributed by atoms with Gasteiger partial charge in [-0.3, -0.25) is 0 Å². The highest BCUT2D eigenvalue weighted by molar-refractivity contribution is 6.13. The number of hydrogen-bond donors (Lipinski definition) is 2. The van der Waals surface area contributed by atoms with Crippen molar-refractivity contribution in [1.82, 2.24) is 39.9 Å². The Bertz CT molecular complexity index is 4280. The molecular weight excluding hydrogens is 985 g/mol. The fourth-order valence-corrected chi connectivity index (χ4v) is 13.8. The maximum Gasteiger partial charge on any atom is 0.166 e. The van der Waals surface area contributed by atoms with Crippen molar-refractivity contribution in [2.24, 2.45) is 0 Å². The summed E-state index contributed by atoms with van der Waals surface area (Å²) < 4.78 is 0. The Labute approximate surface area is 462 Å². The van der Waals surface area contributed by atoms with E-state index in [1.165, 1.54) is 44.5 Å². The van der Waals surface area contributed by atoms with E-state index in [1.54, 1.807) is 0 Å². The summed E-state index contributed by atoms with van der Waals surface area (Å²) >= 11 is 0. The largest absolute Gasteiger partial charge is 0.366 e. The van der Waals surface area contributed by atoms with E-state index in [-0.39, 0.29) is 0 Å². The maximum atomic E-state index is 5.68. The van der Waals surface area contributed by atoms with Crippen molar-refractivity contribution in [2.45, 2.75) is 51.9 Å². The van der Waals surface area contributed by atoms with Crippen molar-refractivity contribution in [3.63, 3.8) is 0 Å². The van der Waals surface area contributed by atoms with Crippen molar-refractivity contribution in [3.05, 3.63) is 214 Å². The van der Waals surface area contributed by atoms with Crippen LogP contribution in [-0.2, 0) is 51.9 Å². The van der Waals surface area contributed by atoms with Gasteiger partial charge < -0.3 is 29.6 Å². The Balaban J connectivity index is 0.958. The lowest BCUT2D eigenvalue weighted by molar-refractivity contribution is 0.732. The van der Waals surface area contributed by atoms with Gasteiger partial charge in [0.15, 0.2) is 23.3 Å². The molecule has 80 heavy (non-hydrogen) atoms. The Kier molecular flexibility index (Phi) is 10.2. The minimum atomic E-state index is 0.596. The minimum absolute atomic E-state index is 0.596. The van der Waals surface area contributed by atoms with Crippen molar-refractivity contribution in [1.29, 1.82) is 0 Å². The first-order valence-corrected chi connectivity index (χ1v) is 28.2. The van der Waals surface area contributed by atoms with Crippen molar-refractivity contribution in [2.75, 3.05) is 45.8 Å². The average molecular weight is 1040 g/mol. The highest BCUT2D eigenvalue weighted by atomic mass is 15.2. The first-order valence-electron chi connectivity index (χ1n) is 28.2. The van der Waals surface area contributed by atoms with Crippen LogP contribution in [0.1, 0.15) is 44.5 Å². The molecule has 12 heteroatoms. The van der Waals surface area contributed by atoms with Gasteiger partial charge in [0.1, 0.15) is 22.6 Å².